The SMILES string of the molecule is CCN1CCC([C@@H](c2ccc(Nc3ncc(F)c(-c4cc(F)c5nc(C)n(C(C)C)c5c4)n3)nc2)C2CNC2)CC1. The monoisotopic (exact) mass is 560 g/mol. The van der Waals surface area contributed by atoms with Crippen LogP contribution in [0.5, 0.6) is 0 Å². The molecule has 0 aliphatic carbocycles. The van der Waals surface area contributed by atoms with Crippen LogP contribution in [0, 0.1) is 30.4 Å². The van der Waals surface area contributed by atoms with Crippen molar-refractivity contribution in [3.63, 3.8) is 0 Å². The Bertz CT molecular complexity index is 1520. The highest BCUT2D eigenvalue weighted by molar-refractivity contribution is 5.83. The van der Waals surface area contributed by atoms with E-state index in [4.69, 9.17) is 0 Å². The second-order valence-corrected chi connectivity index (χ2v) is 11.7. The summed E-state index contributed by atoms with van der Waals surface area (Å²) in [5.74, 6) is 2.10. The highest BCUT2D eigenvalue weighted by Crippen LogP contribution is 2.40. The zero-order valence-electron chi connectivity index (χ0n) is 24.2. The molecule has 3 aromatic heterocycles. The largest absolute Gasteiger partial charge is 0.326 e. The molecular formula is C31H38F2N8. The molecule has 2 saturated heterocycles. The summed E-state index contributed by atoms with van der Waals surface area (Å²) in [6, 6.07) is 7.18. The van der Waals surface area contributed by atoms with Gasteiger partial charge >= 0.3 is 0 Å². The zero-order chi connectivity index (χ0) is 28.7. The van der Waals surface area contributed by atoms with Crippen LogP contribution < -0.4 is 10.6 Å². The molecule has 1 atom stereocenters. The van der Waals surface area contributed by atoms with Gasteiger partial charge in [-0.2, -0.15) is 0 Å². The maximum atomic E-state index is 15.1. The van der Waals surface area contributed by atoms with E-state index < -0.39 is 11.6 Å². The summed E-state index contributed by atoms with van der Waals surface area (Å²) >= 11 is 0. The van der Waals surface area contributed by atoms with Gasteiger partial charge in [0.15, 0.2) is 11.6 Å². The number of aryl methyl sites for hydroxylation is 1. The molecule has 0 spiro atoms. The second kappa shape index (κ2) is 11.4. The summed E-state index contributed by atoms with van der Waals surface area (Å²) in [7, 11) is 0. The highest BCUT2D eigenvalue weighted by atomic mass is 19.1. The van der Waals surface area contributed by atoms with Gasteiger partial charge in [-0.05, 0) is 108 Å². The molecule has 0 bridgehead atoms. The van der Waals surface area contributed by atoms with E-state index in [0.717, 1.165) is 38.9 Å². The lowest BCUT2D eigenvalue weighted by molar-refractivity contribution is 0.137. The van der Waals surface area contributed by atoms with E-state index in [-0.39, 0.29) is 23.2 Å². The van der Waals surface area contributed by atoms with Gasteiger partial charge in [0.2, 0.25) is 5.95 Å². The van der Waals surface area contributed by atoms with Gasteiger partial charge < -0.3 is 20.1 Å². The van der Waals surface area contributed by atoms with Gasteiger partial charge in [-0.3, -0.25) is 0 Å². The van der Waals surface area contributed by atoms with Crippen molar-refractivity contribution in [2.24, 2.45) is 11.8 Å². The summed E-state index contributed by atoms with van der Waals surface area (Å²) < 4.78 is 31.9. The third kappa shape index (κ3) is 5.42. The Kier molecular flexibility index (Phi) is 7.70. The molecule has 2 fully saturated rings. The van der Waals surface area contributed by atoms with Crippen LogP contribution in [0.2, 0.25) is 0 Å². The van der Waals surface area contributed by atoms with E-state index in [1.165, 1.54) is 24.5 Å². The topological polar surface area (TPSA) is 83.8 Å². The number of piperidine rings is 1. The third-order valence-electron chi connectivity index (χ3n) is 8.78. The Morgan fingerprint density at radius 1 is 1.00 bits per heavy atom. The number of hydrogen-bond donors (Lipinski definition) is 2. The molecule has 0 radical (unpaired) electrons. The van der Waals surface area contributed by atoms with E-state index in [1.807, 2.05) is 37.6 Å². The molecule has 0 saturated carbocycles. The normalized spacial score (nSPS) is 17.7. The van der Waals surface area contributed by atoms with Crippen molar-refractivity contribution in [2.45, 2.75) is 52.5 Å². The lowest BCUT2D eigenvalue weighted by Gasteiger charge is -2.43. The molecule has 1 aromatic carbocycles. The minimum Gasteiger partial charge on any atom is -0.326 e. The zero-order valence-corrected chi connectivity index (χ0v) is 24.2. The Morgan fingerprint density at radius 2 is 1.78 bits per heavy atom. The van der Waals surface area contributed by atoms with Crippen molar-refractivity contribution in [3.8, 4) is 11.3 Å². The van der Waals surface area contributed by atoms with E-state index in [2.05, 4.69) is 48.5 Å². The minimum atomic E-state index is -0.629. The lowest BCUT2D eigenvalue weighted by Crippen LogP contribution is -2.48. The van der Waals surface area contributed by atoms with Crippen molar-refractivity contribution in [2.75, 3.05) is 38.0 Å². The van der Waals surface area contributed by atoms with Crippen LogP contribution in [0.4, 0.5) is 20.5 Å². The second-order valence-electron chi connectivity index (χ2n) is 11.7. The van der Waals surface area contributed by atoms with Crippen LogP contribution in [0.15, 0.2) is 36.7 Å². The maximum Gasteiger partial charge on any atom is 0.229 e. The van der Waals surface area contributed by atoms with Crippen LogP contribution in [0.25, 0.3) is 22.3 Å². The predicted octanol–water partition coefficient (Wildman–Crippen LogP) is 5.83. The molecule has 6 rings (SSSR count). The van der Waals surface area contributed by atoms with Crippen LogP contribution in [-0.2, 0) is 0 Å². The quantitative estimate of drug-likeness (QED) is 0.280. The Labute approximate surface area is 239 Å². The van der Waals surface area contributed by atoms with Crippen molar-refractivity contribution >= 4 is 22.8 Å². The smallest absolute Gasteiger partial charge is 0.229 e. The number of nitrogens with zero attached hydrogens (tertiary/aromatic N) is 6. The van der Waals surface area contributed by atoms with E-state index >= 15 is 4.39 Å². The number of imidazole rings is 1. The molecule has 5 heterocycles. The maximum absolute atomic E-state index is 15.1. The number of benzene rings is 1. The molecule has 41 heavy (non-hydrogen) atoms. The number of anilines is 2. The Hall–Kier alpha value is -3.50. The summed E-state index contributed by atoms with van der Waals surface area (Å²) in [6.45, 7) is 13.6. The minimum absolute atomic E-state index is 0.0186. The fourth-order valence-electron chi connectivity index (χ4n) is 6.60. The average molecular weight is 561 g/mol. The van der Waals surface area contributed by atoms with Crippen molar-refractivity contribution in [3.05, 3.63) is 59.7 Å². The molecule has 216 valence electrons. The van der Waals surface area contributed by atoms with Crippen LogP contribution in [0.1, 0.15) is 57.0 Å². The number of pyridine rings is 1. The van der Waals surface area contributed by atoms with Gasteiger partial charge in [0.1, 0.15) is 22.9 Å². The number of halogens is 2. The molecule has 0 unspecified atom stereocenters. The van der Waals surface area contributed by atoms with Gasteiger partial charge in [-0.25, -0.2) is 28.7 Å². The van der Waals surface area contributed by atoms with Crippen molar-refractivity contribution in [1.29, 1.82) is 0 Å². The van der Waals surface area contributed by atoms with E-state index in [0.29, 0.717) is 40.5 Å². The lowest BCUT2D eigenvalue weighted by atomic mass is 9.71. The Morgan fingerprint density at radius 3 is 2.41 bits per heavy atom. The van der Waals surface area contributed by atoms with Crippen molar-refractivity contribution in [1.82, 2.24) is 34.7 Å². The average Bonchev–Trinajstić information content (AvgIpc) is 3.29. The fraction of sp³-hybridized carbons (Fsp3) is 0.484. The number of nitrogens with one attached hydrogen (secondary N) is 2. The molecular weight excluding hydrogens is 522 g/mol. The van der Waals surface area contributed by atoms with Crippen LogP contribution in [0.3, 0.4) is 0 Å². The standard InChI is InChI=1S/C31H38F2N8/c1-5-40-10-8-20(9-11-40)28(23-14-34-15-23)21-6-7-27(35-16-21)38-31-36-17-25(33)29(39-31)22-12-24(32)30-26(13-22)41(18(2)3)19(4)37-30/h6-7,12-13,16-18,20,23,28,34H,5,8-11,14-15H2,1-4H3,(H,35,36,38,39)/t28-/m0/s1. The molecule has 2 aliphatic heterocycles. The third-order valence-corrected chi connectivity index (χ3v) is 8.78. The number of aromatic nitrogens is 5. The molecule has 2 N–H and O–H groups in total. The van der Waals surface area contributed by atoms with Crippen molar-refractivity contribution < 1.29 is 8.78 Å². The Balaban J connectivity index is 1.24. The summed E-state index contributed by atoms with van der Waals surface area (Å²) in [5.41, 5.74) is 2.48. The van der Waals surface area contributed by atoms with Gasteiger partial charge in [-0.1, -0.05) is 13.0 Å². The predicted molar refractivity (Wildman–Crippen MR) is 157 cm³/mol. The number of fused-ring (bicyclic) bond motifs is 1. The molecule has 8 nitrogen and oxygen atoms in total. The molecule has 4 aromatic rings. The number of rotatable bonds is 8. The van der Waals surface area contributed by atoms with E-state index in [9.17, 15) is 4.39 Å². The summed E-state index contributed by atoms with van der Waals surface area (Å²) in [5, 5.41) is 6.55. The molecule has 2 aliphatic rings. The molecule has 0 amide bonds. The first kappa shape index (κ1) is 27.7. The van der Waals surface area contributed by atoms with Gasteiger partial charge in [0, 0.05) is 17.8 Å². The first-order chi connectivity index (χ1) is 19.8. The fourth-order valence-corrected chi connectivity index (χ4v) is 6.60. The van der Waals surface area contributed by atoms with Gasteiger partial charge in [0.05, 0.1) is 11.7 Å². The van der Waals surface area contributed by atoms with Crippen LogP contribution in [-0.4, -0.2) is 62.1 Å². The number of hydrogen-bond acceptors (Lipinski definition) is 7. The van der Waals surface area contributed by atoms with Gasteiger partial charge in [-0.15, -0.1) is 0 Å². The molecule has 10 heteroatoms. The highest BCUT2D eigenvalue weighted by Gasteiger charge is 2.36. The first-order valence-corrected chi connectivity index (χ1v) is 14.7. The first-order valence-electron chi connectivity index (χ1n) is 14.7. The summed E-state index contributed by atoms with van der Waals surface area (Å²) in [6.07, 6.45) is 5.49. The number of likely N-dealkylation sites (tertiary alicyclic amines) is 1. The van der Waals surface area contributed by atoms with Gasteiger partial charge in [0.25, 0.3) is 0 Å². The summed E-state index contributed by atoms with van der Waals surface area (Å²) in [4.78, 5) is 20.1. The van der Waals surface area contributed by atoms with Crippen LogP contribution >= 0.6 is 0 Å². The van der Waals surface area contributed by atoms with E-state index in [1.54, 1.807) is 6.07 Å².